The Balaban J connectivity index is 1.80. The zero-order chi connectivity index (χ0) is 23.4. The molecule has 6 nitrogen and oxygen atoms in total. The summed E-state index contributed by atoms with van der Waals surface area (Å²) < 4.78 is 14.1. The Labute approximate surface area is 197 Å². The standard InChI is InChI=1S/C26H30N2O4S/c1-4-21(25(30)31-3)28-22-16-20(32-19-8-6-5-7-9-19)14-15-23(22)33-26(28)27-24(29)18-12-10-17(2)11-13-18/h10-16,19,21H,4-9H2,1-3H3. The molecule has 0 aliphatic heterocycles. The second kappa shape index (κ2) is 10.3. The molecule has 0 radical (unpaired) electrons. The Morgan fingerprint density at radius 1 is 1.12 bits per heavy atom. The van der Waals surface area contributed by atoms with Crippen molar-refractivity contribution in [3.05, 3.63) is 58.4 Å². The molecule has 33 heavy (non-hydrogen) atoms. The number of aromatic nitrogens is 1. The highest BCUT2D eigenvalue weighted by Gasteiger charge is 2.24. The van der Waals surface area contributed by atoms with Gasteiger partial charge in [-0.05, 0) is 63.3 Å². The SMILES string of the molecule is CCC(C(=O)OC)n1c(=NC(=O)c2ccc(C)cc2)sc2ccc(OC3CCCCC3)cc21. The van der Waals surface area contributed by atoms with Crippen LogP contribution in [-0.2, 0) is 9.53 Å². The third-order valence-electron chi connectivity index (χ3n) is 6.12. The molecule has 3 aromatic rings. The maximum Gasteiger partial charge on any atom is 0.328 e. The Morgan fingerprint density at radius 3 is 2.52 bits per heavy atom. The van der Waals surface area contributed by atoms with Crippen LogP contribution in [0.4, 0.5) is 0 Å². The van der Waals surface area contributed by atoms with Gasteiger partial charge in [0.25, 0.3) is 5.91 Å². The van der Waals surface area contributed by atoms with Gasteiger partial charge in [0.15, 0.2) is 4.80 Å². The number of fused-ring (bicyclic) bond motifs is 1. The second-order valence-corrected chi connectivity index (χ2v) is 9.50. The van der Waals surface area contributed by atoms with Crippen molar-refractivity contribution in [2.24, 2.45) is 4.99 Å². The van der Waals surface area contributed by atoms with Gasteiger partial charge >= 0.3 is 5.97 Å². The van der Waals surface area contributed by atoms with Crippen LogP contribution in [0.15, 0.2) is 47.5 Å². The maximum atomic E-state index is 12.9. The average Bonchev–Trinajstić information content (AvgIpc) is 3.17. The summed E-state index contributed by atoms with van der Waals surface area (Å²) in [5, 5.41) is 0. The van der Waals surface area contributed by atoms with Gasteiger partial charge < -0.3 is 14.0 Å². The summed E-state index contributed by atoms with van der Waals surface area (Å²) in [5.74, 6) is 0.0748. The minimum Gasteiger partial charge on any atom is -0.490 e. The van der Waals surface area contributed by atoms with Crippen LogP contribution in [0, 0.1) is 6.92 Å². The topological polar surface area (TPSA) is 69.9 Å². The largest absolute Gasteiger partial charge is 0.490 e. The number of ether oxygens (including phenoxy) is 2. The number of esters is 1. The summed E-state index contributed by atoms with van der Waals surface area (Å²) in [6, 6.07) is 12.6. The highest BCUT2D eigenvalue weighted by Crippen LogP contribution is 2.29. The van der Waals surface area contributed by atoms with E-state index in [2.05, 4.69) is 4.99 Å². The van der Waals surface area contributed by atoms with Gasteiger partial charge in [-0.15, -0.1) is 0 Å². The molecule has 0 bridgehead atoms. The van der Waals surface area contributed by atoms with Crippen molar-refractivity contribution in [1.29, 1.82) is 0 Å². The lowest BCUT2D eigenvalue weighted by Gasteiger charge is -2.23. The van der Waals surface area contributed by atoms with Crippen molar-refractivity contribution < 1.29 is 19.1 Å². The van der Waals surface area contributed by atoms with Gasteiger partial charge in [0.2, 0.25) is 0 Å². The first-order valence-electron chi connectivity index (χ1n) is 11.6. The first kappa shape index (κ1) is 23.2. The van der Waals surface area contributed by atoms with Crippen LogP contribution in [0.3, 0.4) is 0 Å². The summed E-state index contributed by atoms with van der Waals surface area (Å²) in [7, 11) is 1.38. The summed E-state index contributed by atoms with van der Waals surface area (Å²) in [4.78, 5) is 30.5. The molecule has 0 N–H and O–H groups in total. The predicted molar refractivity (Wildman–Crippen MR) is 130 cm³/mol. The molecule has 1 aliphatic rings. The van der Waals surface area contributed by atoms with Crippen molar-refractivity contribution >= 4 is 33.4 Å². The van der Waals surface area contributed by atoms with Gasteiger partial charge in [0.05, 0.1) is 23.4 Å². The minimum absolute atomic E-state index is 0.220. The fraction of sp³-hybridized carbons (Fsp3) is 0.423. The third kappa shape index (κ3) is 5.19. The summed E-state index contributed by atoms with van der Waals surface area (Å²) in [6.07, 6.45) is 6.50. The van der Waals surface area contributed by atoms with E-state index < -0.39 is 6.04 Å². The zero-order valence-corrected chi connectivity index (χ0v) is 20.2. The third-order valence-corrected chi connectivity index (χ3v) is 7.16. The molecular formula is C26H30N2O4S. The summed E-state index contributed by atoms with van der Waals surface area (Å²) in [5.41, 5.74) is 2.41. The van der Waals surface area contributed by atoms with Crippen molar-refractivity contribution in [3.8, 4) is 5.75 Å². The molecule has 174 valence electrons. The Kier molecular flexibility index (Phi) is 7.28. The number of hydrogen-bond acceptors (Lipinski definition) is 5. The van der Waals surface area contributed by atoms with Crippen LogP contribution < -0.4 is 9.54 Å². The first-order valence-corrected chi connectivity index (χ1v) is 12.4. The van der Waals surface area contributed by atoms with Crippen LogP contribution in [0.2, 0.25) is 0 Å². The van der Waals surface area contributed by atoms with Crippen LogP contribution in [-0.4, -0.2) is 29.7 Å². The number of rotatable bonds is 6. The first-order chi connectivity index (χ1) is 16.0. The van der Waals surface area contributed by atoms with Gasteiger partial charge in [0.1, 0.15) is 11.8 Å². The van der Waals surface area contributed by atoms with E-state index in [-0.39, 0.29) is 18.0 Å². The number of carbonyl (C=O) groups excluding carboxylic acids is 2. The van der Waals surface area contributed by atoms with E-state index in [1.54, 1.807) is 12.1 Å². The molecule has 1 heterocycles. The van der Waals surface area contributed by atoms with Crippen molar-refractivity contribution in [1.82, 2.24) is 4.57 Å². The molecular weight excluding hydrogens is 436 g/mol. The monoisotopic (exact) mass is 466 g/mol. The van der Waals surface area contributed by atoms with Gasteiger partial charge in [-0.1, -0.05) is 42.4 Å². The zero-order valence-electron chi connectivity index (χ0n) is 19.4. The van der Waals surface area contributed by atoms with E-state index >= 15 is 0 Å². The number of carbonyl (C=O) groups is 2. The molecule has 1 fully saturated rings. The van der Waals surface area contributed by atoms with Gasteiger partial charge in [-0.25, -0.2) is 4.79 Å². The van der Waals surface area contributed by atoms with E-state index in [1.165, 1.54) is 37.7 Å². The van der Waals surface area contributed by atoms with Gasteiger partial charge in [-0.2, -0.15) is 4.99 Å². The van der Waals surface area contributed by atoms with E-state index in [0.29, 0.717) is 16.8 Å². The molecule has 2 aromatic carbocycles. The molecule has 1 atom stereocenters. The lowest BCUT2D eigenvalue weighted by molar-refractivity contribution is -0.144. The smallest absolute Gasteiger partial charge is 0.328 e. The Bertz CT molecular complexity index is 1200. The van der Waals surface area contributed by atoms with E-state index in [9.17, 15) is 9.59 Å². The van der Waals surface area contributed by atoms with E-state index in [1.807, 2.05) is 48.7 Å². The van der Waals surface area contributed by atoms with Crippen molar-refractivity contribution in [2.75, 3.05) is 7.11 Å². The van der Waals surface area contributed by atoms with E-state index in [4.69, 9.17) is 9.47 Å². The number of methoxy groups -OCH3 is 1. The van der Waals surface area contributed by atoms with Crippen molar-refractivity contribution in [2.45, 2.75) is 64.5 Å². The van der Waals surface area contributed by atoms with Crippen LogP contribution in [0.1, 0.15) is 67.4 Å². The molecule has 1 unspecified atom stereocenters. The number of aryl methyl sites for hydroxylation is 1. The molecule has 1 aromatic heterocycles. The maximum absolute atomic E-state index is 12.9. The lowest BCUT2D eigenvalue weighted by atomic mass is 9.98. The average molecular weight is 467 g/mol. The molecule has 1 amide bonds. The molecule has 1 saturated carbocycles. The quantitative estimate of drug-likeness (QED) is 0.444. The van der Waals surface area contributed by atoms with Gasteiger partial charge in [0, 0.05) is 11.6 Å². The molecule has 0 spiro atoms. The number of amides is 1. The van der Waals surface area contributed by atoms with Crippen LogP contribution in [0.25, 0.3) is 10.2 Å². The normalized spacial score (nSPS) is 16.0. The number of thiazole rings is 1. The van der Waals surface area contributed by atoms with Crippen LogP contribution >= 0.6 is 11.3 Å². The number of nitrogens with zero attached hydrogens (tertiary/aromatic N) is 2. The second-order valence-electron chi connectivity index (χ2n) is 8.49. The fourth-order valence-electron chi connectivity index (χ4n) is 4.29. The lowest BCUT2D eigenvalue weighted by Crippen LogP contribution is -2.28. The minimum atomic E-state index is -0.585. The molecule has 7 heteroatoms. The number of benzene rings is 2. The summed E-state index contributed by atoms with van der Waals surface area (Å²) in [6.45, 7) is 3.90. The predicted octanol–water partition coefficient (Wildman–Crippen LogP) is 5.59. The summed E-state index contributed by atoms with van der Waals surface area (Å²) >= 11 is 1.39. The highest BCUT2D eigenvalue weighted by atomic mass is 32.1. The number of hydrogen-bond donors (Lipinski definition) is 0. The fourth-order valence-corrected chi connectivity index (χ4v) is 5.33. The Morgan fingerprint density at radius 2 is 1.85 bits per heavy atom. The van der Waals surface area contributed by atoms with Crippen LogP contribution in [0.5, 0.6) is 5.75 Å². The molecule has 4 rings (SSSR count). The van der Waals surface area contributed by atoms with Gasteiger partial charge in [-0.3, -0.25) is 4.79 Å². The van der Waals surface area contributed by atoms with Crippen molar-refractivity contribution in [3.63, 3.8) is 0 Å². The Hall–Kier alpha value is -2.93. The molecule has 0 saturated heterocycles. The highest BCUT2D eigenvalue weighted by molar-refractivity contribution is 7.16. The van der Waals surface area contributed by atoms with E-state index in [0.717, 1.165) is 34.4 Å². The molecule has 1 aliphatic carbocycles.